The van der Waals surface area contributed by atoms with Gasteiger partial charge in [0.25, 0.3) is 0 Å². The second-order valence-electron chi connectivity index (χ2n) is 8.76. The normalized spacial score (nSPS) is 10.1. The quantitative estimate of drug-likeness (QED) is 0.154. The van der Waals surface area contributed by atoms with E-state index in [0.717, 1.165) is 12.8 Å². The average Bonchev–Trinajstić information content (AvgIpc) is 2.85. The maximum atomic E-state index is 11.3. The third-order valence-corrected chi connectivity index (χ3v) is 5.68. The number of carboxylic acids is 2. The van der Waals surface area contributed by atoms with Crippen LogP contribution in [0.2, 0.25) is 0 Å². The number of carbonyl (C=O) groups excluding carboxylic acids is 3. The van der Waals surface area contributed by atoms with Gasteiger partial charge in [-0.15, -0.1) is 0 Å². The monoisotopic (exact) mass is 532 g/mol. The summed E-state index contributed by atoms with van der Waals surface area (Å²) in [4.78, 5) is 32.2. The zero-order valence-corrected chi connectivity index (χ0v) is 24.3. The molecular weight excluding hydrogens is 488 g/mol. The molecule has 0 saturated carbocycles. The van der Waals surface area contributed by atoms with Crippen LogP contribution in [0.3, 0.4) is 0 Å². The number of hydrogen-bond acceptors (Lipinski definition) is 7. The van der Waals surface area contributed by atoms with E-state index in [1.54, 1.807) is 0 Å². The van der Waals surface area contributed by atoms with Crippen LogP contribution in [0.1, 0.15) is 130 Å². The van der Waals surface area contributed by atoms with Gasteiger partial charge in [-0.2, -0.15) is 0 Å². The molecule has 0 bridgehead atoms. The molecule has 7 nitrogen and oxygen atoms in total. The van der Waals surface area contributed by atoms with Crippen molar-refractivity contribution in [3.63, 3.8) is 0 Å². The van der Waals surface area contributed by atoms with Gasteiger partial charge in [-0.3, -0.25) is 0 Å². The molecule has 0 saturated heterocycles. The van der Waals surface area contributed by atoms with Gasteiger partial charge < -0.3 is 29.6 Å². The van der Waals surface area contributed by atoms with Crippen molar-refractivity contribution in [2.24, 2.45) is 0 Å². The van der Waals surface area contributed by atoms with Crippen molar-refractivity contribution in [3.8, 4) is 0 Å². The van der Waals surface area contributed by atoms with Crippen LogP contribution in [0.4, 0.5) is 0 Å². The Morgan fingerprint density at radius 3 is 1.53 bits per heavy atom. The van der Waals surface area contributed by atoms with Gasteiger partial charge >= 0.3 is 43.7 Å². The summed E-state index contributed by atoms with van der Waals surface area (Å²) in [6.45, 7) is 1.79. The molecule has 0 aliphatic carbocycles. The maximum Gasteiger partial charge on any atom is 2.00 e. The standard InChI is InChI=1S/C18H36O2.C10H10O5.Ca/c1-2-3-4-5-6-7-8-9-10-11-12-13-14-15-16-17-18(19)20;11-5-6-15-10(14)8-4-2-1-3-7(8)9(12)13;/h2-17H2,1H3,(H,19,20);1-4,11H,5-6H2,(H,12,13);/q;;+2/p-2. The van der Waals surface area contributed by atoms with E-state index < -0.39 is 17.9 Å². The summed E-state index contributed by atoms with van der Waals surface area (Å²) < 4.78 is 4.59. The molecule has 0 aliphatic rings. The summed E-state index contributed by atoms with van der Waals surface area (Å²) in [5.74, 6) is -3.13. The number of carboxylic acid groups (broad SMARTS) is 2. The molecule has 0 radical (unpaired) electrons. The van der Waals surface area contributed by atoms with Crippen LogP contribution in [0.25, 0.3) is 0 Å². The second kappa shape index (κ2) is 26.9. The van der Waals surface area contributed by atoms with Crippen molar-refractivity contribution in [2.45, 2.75) is 110 Å². The Morgan fingerprint density at radius 1 is 0.722 bits per heavy atom. The summed E-state index contributed by atoms with van der Waals surface area (Å²) in [5.41, 5.74) is -0.300. The second-order valence-corrected chi connectivity index (χ2v) is 8.76. The van der Waals surface area contributed by atoms with E-state index in [4.69, 9.17) is 5.11 Å². The number of aliphatic hydroxyl groups excluding tert-OH is 1. The van der Waals surface area contributed by atoms with Crippen LogP contribution < -0.4 is 10.2 Å². The van der Waals surface area contributed by atoms with Crippen LogP contribution in [0.15, 0.2) is 24.3 Å². The summed E-state index contributed by atoms with van der Waals surface area (Å²) in [7, 11) is 0. The Morgan fingerprint density at radius 2 is 1.14 bits per heavy atom. The molecule has 1 aromatic carbocycles. The Kier molecular flexibility index (Phi) is 27.6. The summed E-state index contributed by atoms with van der Waals surface area (Å²) in [5, 5.41) is 29.3. The Hall–Kier alpha value is -1.15. The predicted octanol–water partition coefficient (Wildman–Crippen LogP) is 3.82. The fraction of sp³-hybridized carbons (Fsp3) is 0.679. The number of aromatic carboxylic acids is 1. The molecule has 0 unspecified atom stereocenters. The number of unbranched alkanes of at least 4 members (excludes halogenated alkanes) is 14. The molecule has 1 rings (SSSR count). The van der Waals surface area contributed by atoms with E-state index in [9.17, 15) is 24.6 Å². The first-order valence-electron chi connectivity index (χ1n) is 13.2. The van der Waals surface area contributed by atoms with Gasteiger partial charge in [0.2, 0.25) is 0 Å². The van der Waals surface area contributed by atoms with E-state index in [0.29, 0.717) is 0 Å². The third-order valence-electron chi connectivity index (χ3n) is 5.68. The predicted molar refractivity (Wildman–Crippen MR) is 138 cm³/mol. The third kappa shape index (κ3) is 22.1. The van der Waals surface area contributed by atoms with Crippen molar-refractivity contribution in [1.82, 2.24) is 0 Å². The number of benzene rings is 1. The van der Waals surface area contributed by atoms with Gasteiger partial charge in [-0.1, -0.05) is 115 Å². The molecule has 1 aromatic rings. The fourth-order valence-electron chi connectivity index (χ4n) is 3.70. The Labute approximate surface area is 247 Å². The number of rotatable bonds is 20. The minimum absolute atomic E-state index is 0. The molecule has 0 spiro atoms. The van der Waals surface area contributed by atoms with Crippen molar-refractivity contribution >= 4 is 55.6 Å². The minimum atomic E-state index is -1.44. The zero-order valence-electron chi connectivity index (χ0n) is 22.1. The molecule has 0 aromatic heterocycles. The minimum Gasteiger partial charge on any atom is -0.550 e. The fourth-order valence-corrected chi connectivity index (χ4v) is 3.70. The molecule has 0 fully saturated rings. The van der Waals surface area contributed by atoms with Crippen LogP contribution in [-0.4, -0.2) is 74.0 Å². The van der Waals surface area contributed by atoms with Crippen LogP contribution in [0, 0.1) is 0 Å². The Balaban J connectivity index is 0. The van der Waals surface area contributed by atoms with Crippen molar-refractivity contribution in [3.05, 3.63) is 35.4 Å². The summed E-state index contributed by atoms with van der Waals surface area (Å²) in [6.07, 6.45) is 19.9. The number of esters is 1. The SMILES string of the molecule is CCCCCCCCCCCCCCCCCC(=O)[O-].O=C([O-])c1ccccc1C(=O)OCCO.[Ca+2]. The maximum absolute atomic E-state index is 11.3. The number of ether oxygens (including phenoxy) is 1. The molecule has 200 valence electrons. The smallest absolute Gasteiger partial charge is 0.550 e. The average molecular weight is 533 g/mol. The Bertz CT molecular complexity index is 694. The molecule has 0 atom stereocenters. The topological polar surface area (TPSA) is 127 Å². The van der Waals surface area contributed by atoms with E-state index >= 15 is 0 Å². The van der Waals surface area contributed by atoms with E-state index in [-0.39, 0.29) is 68.5 Å². The first kappa shape index (κ1) is 37.0. The zero-order chi connectivity index (χ0) is 26.2. The van der Waals surface area contributed by atoms with Gasteiger partial charge in [-0.05, 0) is 18.9 Å². The molecular formula is C28H44CaO7. The van der Waals surface area contributed by atoms with Crippen LogP contribution in [0.5, 0.6) is 0 Å². The van der Waals surface area contributed by atoms with Gasteiger partial charge in [-0.25, -0.2) is 4.79 Å². The van der Waals surface area contributed by atoms with Crippen molar-refractivity contribution < 1.29 is 34.4 Å². The van der Waals surface area contributed by atoms with E-state index in [1.807, 2.05) is 0 Å². The molecule has 8 heteroatoms. The van der Waals surface area contributed by atoms with Gasteiger partial charge in [0.15, 0.2) is 0 Å². The molecule has 36 heavy (non-hydrogen) atoms. The first-order valence-corrected chi connectivity index (χ1v) is 13.2. The number of aliphatic hydroxyl groups is 1. The van der Waals surface area contributed by atoms with Gasteiger partial charge in [0, 0.05) is 11.5 Å². The summed E-state index contributed by atoms with van der Waals surface area (Å²) in [6, 6.07) is 5.58. The van der Waals surface area contributed by atoms with Gasteiger partial charge in [0.1, 0.15) is 6.61 Å². The largest absolute Gasteiger partial charge is 2.00 e. The van der Waals surface area contributed by atoms with Crippen molar-refractivity contribution in [1.29, 1.82) is 0 Å². The number of aliphatic carboxylic acids is 1. The summed E-state index contributed by atoms with van der Waals surface area (Å²) >= 11 is 0. The molecule has 0 heterocycles. The molecule has 0 aliphatic heterocycles. The van der Waals surface area contributed by atoms with Crippen molar-refractivity contribution in [2.75, 3.05) is 13.2 Å². The molecule has 1 N–H and O–H groups in total. The van der Waals surface area contributed by atoms with E-state index in [1.165, 1.54) is 108 Å². The number of carbonyl (C=O) groups is 3. The molecule has 0 amide bonds. The van der Waals surface area contributed by atoms with Gasteiger partial charge in [0.05, 0.1) is 18.1 Å². The van der Waals surface area contributed by atoms with E-state index in [2.05, 4.69) is 11.7 Å². The van der Waals surface area contributed by atoms with Crippen LogP contribution >= 0.6 is 0 Å². The first-order chi connectivity index (χ1) is 16.9. The van der Waals surface area contributed by atoms with Crippen LogP contribution in [-0.2, 0) is 9.53 Å². The number of hydrogen-bond donors (Lipinski definition) is 1.